The van der Waals surface area contributed by atoms with E-state index in [2.05, 4.69) is 0 Å². The fourth-order valence-corrected chi connectivity index (χ4v) is 5.08. The molecular formula is C14H10Cl3NOS2. The topological polar surface area (TPSA) is 20.3 Å². The first-order chi connectivity index (χ1) is 10.1. The summed E-state index contributed by atoms with van der Waals surface area (Å²) in [6.07, 6.45) is 0. The van der Waals surface area contributed by atoms with Crippen LogP contribution in [-0.4, -0.2) is 23.1 Å². The molecule has 0 aliphatic carbocycles. The number of carbonyl (C=O) groups excluding carboxylic acids is 1. The fourth-order valence-electron chi connectivity index (χ4n) is 2.21. The van der Waals surface area contributed by atoms with E-state index < -0.39 is 0 Å². The van der Waals surface area contributed by atoms with Crippen LogP contribution in [0.25, 0.3) is 0 Å². The van der Waals surface area contributed by atoms with Gasteiger partial charge in [-0.3, -0.25) is 4.79 Å². The summed E-state index contributed by atoms with van der Waals surface area (Å²) in [5.41, 5.74) is 0.916. The van der Waals surface area contributed by atoms with Gasteiger partial charge in [0.1, 0.15) is 5.37 Å². The molecule has 7 heteroatoms. The average Bonchev–Trinajstić information content (AvgIpc) is 3.07. The molecule has 2 nitrogen and oxygen atoms in total. The molecule has 1 unspecified atom stereocenters. The molecule has 1 amide bonds. The van der Waals surface area contributed by atoms with Crippen LogP contribution in [0, 0.1) is 0 Å². The van der Waals surface area contributed by atoms with E-state index in [4.69, 9.17) is 34.8 Å². The number of hydrogen-bond donors (Lipinski definition) is 0. The zero-order valence-corrected chi connectivity index (χ0v) is 14.6. The summed E-state index contributed by atoms with van der Waals surface area (Å²) in [5, 5.41) is 1.10. The first-order valence-corrected chi connectivity index (χ1v) is 9.19. The molecule has 1 fully saturated rings. The Labute approximate surface area is 146 Å². The van der Waals surface area contributed by atoms with Gasteiger partial charge in [0, 0.05) is 27.9 Å². The molecule has 3 rings (SSSR count). The predicted molar refractivity (Wildman–Crippen MR) is 92.0 cm³/mol. The average molecular weight is 379 g/mol. The highest BCUT2D eigenvalue weighted by Crippen LogP contribution is 2.42. The third-order valence-electron chi connectivity index (χ3n) is 3.16. The highest BCUT2D eigenvalue weighted by Gasteiger charge is 2.33. The lowest BCUT2D eigenvalue weighted by molar-refractivity contribution is 0.0765. The van der Waals surface area contributed by atoms with Crippen molar-refractivity contribution in [1.29, 1.82) is 0 Å². The number of nitrogens with zero attached hydrogens (tertiary/aromatic N) is 1. The van der Waals surface area contributed by atoms with E-state index >= 15 is 0 Å². The van der Waals surface area contributed by atoms with E-state index in [1.54, 1.807) is 36.0 Å². The quantitative estimate of drug-likeness (QED) is 0.678. The molecule has 0 saturated carbocycles. The number of benzene rings is 1. The zero-order valence-electron chi connectivity index (χ0n) is 10.7. The molecule has 1 aliphatic rings. The maximum Gasteiger partial charge on any atom is 0.265 e. The fraction of sp³-hybridized carbons (Fsp3) is 0.214. The number of amides is 1. The Kier molecular flexibility index (Phi) is 4.71. The second kappa shape index (κ2) is 6.39. The molecule has 1 atom stereocenters. The Morgan fingerprint density at radius 3 is 2.67 bits per heavy atom. The summed E-state index contributed by atoms with van der Waals surface area (Å²) in [6.45, 7) is 0.697. The van der Waals surface area contributed by atoms with Crippen LogP contribution in [0.5, 0.6) is 0 Å². The summed E-state index contributed by atoms with van der Waals surface area (Å²) in [5.74, 6) is 0.877. The lowest BCUT2D eigenvalue weighted by Crippen LogP contribution is -2.29. The van der Waals surface area contributed by atoms with Crippen molar-refractivity contribution in [3.8, 4) is 0 Å². The van der Waals surface area contributed by atoms with Gasteiger partial charge in [-0.2, -0.15) is 0 Å². The minimum atomic E-state index is -0.0804. The van der Waals surface area contributed by atoms with Crippen molar-refractivity contribution in [3.05, 3.63) is 55.2 Å². The first-order valence-electron chi connectivity index (χ1n) is 6.19. The SMILES string of the molecule is O=C(c1ccc(Cl)s1)N1CCSC1c1ccc(Cl)cc1Cl. The smallest absolute Gasteiger partial charge is 0.265 e. The van der Waals surface area contributed by atoms with Crippen LogP contribution in [-0.2, 0) is 0 Å². The van der Waals surface area contributed by atoms with Crippen molar-refractivity contribution in [2.24, 2.45) is 0 Å². The third-order valence-corrected chi connectivity index (χ3v) is 6.19. The van der Waals surface area contributed by atoms with Gasteiger partial charge < -0.3 is 4.90 Å². The number of thioether (sulfide) groups is 1. The van der Waals surface area contributed by atoms with Gasteiger partial charge in [-0.05, 0) is 24.3 Å². The molecule has 1 aromatic carbocycles. The highest BCUT2D eigenvalue weighted by atomic mass is 35.5. The van der Waals surface area contributed by atoms with Crippen LogP contribution in [0.4, 0.5) is 0 Å². The molecule has 1 aliphatic heterocycles. The Morgan fingerprint density at radius 1 is 1.19 bits per heavy atom. The van der Waals surface area contributed by atoms with E-state index in [0.717, 1.165) is 11.3 Å². The molecule has 1 aromatic heterocycles. The van der Waals surface area contributed by atoms with E-state index in [-0.39, 0.29) is 11.3 Å². The molecule has 0 radical (unpaired) electrons. The van der Waals surface area contributed by atoms with Gasteiger partial charge in [0.2, 0.25) is 0 Å². The minimum Gasteiger partial charge on any atom is -0.321 e. The van der Waals surface area contributed by atoms with Gasteiger partial charge in [0.05, 0.1) is 9.21 Å². The molecule has 0 N–H and O–H groups in total. The van der Waals surface area contributed by atoms with Crippen molar-refractivity contribution < 1.29 is 4.79 Å². The Bertz CT molecular complexity index is 689. The number of carbonyl (C=O) groups is 1. The standard InChI is InChI=1S/C14H10Cl3NOS2/c15-8-1-2-9(10(16)7-8)14-18(5-6-20-14)13(19)11-3-4-12(17)21-11/h1-4,7,14H,5-6H2. The second-order valence-electron chi connectivity index (χ2n) is 4.49. The molecule has 0 spiro atoms. The summed E-state index contributed by atoms with van der Waals surface area (Å²) < 4.78 is 0.617. The normalized spacial score (nSPS) is 18.2. The number of thiophene rings is 1. The molecule has 2 aromatic rings. The summed E-state index contributed by atoms with van der Waals surface area (Å²) in [6, 6.07) is 8.90. The molecule has 21 heavy (non-hydrogen) atoms. The monoisotopic (exact) mass is 377 g/mol. The number of halogens is 3. The predicted octanol–water partition coefficient (Wildman–Crippen LogP) is 5.60. The largest absolute Gasteiger partial charge is 0.321 e. The molecule has 110 valence electrons. The third kappa shape index (κ3) is 3.20. The molecular weight excluding hydrogens is 369 g/mol. The van der Waals surface area contributed by atoms with E-state index in [1.165, 1.54) is 11.3 Å². The maximum absolute atomic E-state index is 12.6. The van der Waals surface area contributed by atoms with Crippen LogP contribution < -0.4 is 0 Å². The van der Waals surface area contributed by atoms with Crippen molar-refractivity contribution in [3.63, 3.8) is 0 Å². The van der Waals surface area contributed by atoms with Gasteiger partial charge in [0.15, 0.2) is 0 Å². The van der Waals surface area contributed by atoms with Gasteiger partial charge in [-0.1, -0.05) is 40.9 Å². The van der Waals surface area contributed by atoms with Crippen LogP contribution >= 0.6 is 57.9 Å². The highest BCUT2D eigenvalue weighted by molar-refractivity contribution is 7.99. The lowest BCUT2D eigenvalue weighted by atomic mass is 10.2. The van der Waals surface area contributed by atoms with Gasteiger partial charge in [-0.25, -0.2) is 0 Å². The number of rotatable bonds is 2. The van der Waals surface area contributed by atoms with Gasteiger partial charge in [-0.15, -0.1) is 23.1 Å². The van der Waals surface area contributed by atoms with Crippen LogP contribution in [0.3, 0.4) is 0 Å². The minimum absolute atomic E-state index is 0.00656. The van der Waals surface area contributed by atoms with E-state index in [1.807, 2.05) is 11.0 Å². The summed E-state index contributed by atoms with van der Waals surface area (Å²) >= 11 is 21.1. The molecule has 1 saturated heterocycles. The van der Waals surface area contributed by atoms with E-state index in [9.17, 15) is 4.79 Å². The summed E-state index contributed by atoms with van der Waals surface area (Å²) in [4.78, 5) is 15.1. The molecule has 2 heterocycles. The maximum atomic E-state index is 12.6. The van der Waals surface area contributed by atoms with Crippen molar-refractivity contribution >= 4 is 63.8 Å². The second-order valence-corrected chi connectivity index (χ2v) is 8.24. The van der Waals surface area contributed by atoms with Crippen molar-refractivity contribution in [2.75, 3.05) is 12.3 Å². The van der Waals surface area contributed by atoms with Crippen LogP contribution in [0.1, 0.15) is 20.6 Å². The van der Waals surface area contributed by atoms with E-state index in [0.29, 0.717) is 25.8 Å². The van der Waals surface area contributed by atoms with Crippen LogP contribution in [0.15, 0.2) is 30.3 Å². The lowest BCUT2D eigenvalue weighted by Gasteiger charge is -2.24. The van der Waals surface area contributed by atoms with Crippen molar-refractivity contribution in [1.82, 2.24) is 4.90 Å². The first kappa shape index (κ1) is 15.5. The Hall–Kier alpha value is -0.390. The van der Waals surface area contributed by atoms with Gasteiger partial charge >= 0.3 is 0 Å². The Morgan fingerprint density at radius 2 is 2.00 bits per heavy atom. The van der Waals surface area contributed by atoms with Gasteiger partial charge in [0.25, 0.3) is 5.91 Å². The Balaban J connectivity index is 1.90. The zero-order chi connectivity index (χ0) is 15.0. The number of hydrogen-bond acceptors (Lipinski definition) is 3. The van der Waals surface area contributed by atoms with Crippen molar-refractivity contribution in [2.45, 2.75) is 5.37 Å². The van der Waals surface area contributed by atoms with Crippen LogP contribution in [0.2, 0.25) is 14.4 Å². The molecule has 0 bridgehead atoms. The summed E-state index contributed by atoms with van der Waals surface area (Å²) in [7, 11) is 0.